The molecular formula is C19H28Cl2N4O3S. The number of nitrogens with zero attached hydrogens (tertiary/aromatic N) is 2. The molecule has 1 saturated heterocycles. The Hall–Kier alpha value is -1.74. The highest BCUT2D eigenvalue weighted by Crippen LogP contribution is 2.31. The number of thiazole rings is 1. The second kappa shape index (κ2) is 12.1. The van der Waals surface area contributed by atoms with Crippen LogP contribution < -0.4 is 25.4 Å². The lowest BCUT2D eigenvalue weighted by atomic mass is 10.1. The van der Waals surface area contributed by atoms with Gasteiger partial charge in [0.05, 0.1) is 19.2 Å². The van der Waals surface area contributed by atoms with Crippen molar-refractivity contribution in [1.29, 1.82) is 0 Å². The molecule has 29 heavy (non-hydrogen) atoms. The summed E-state index contributed by atoms with van der Waals surface area (Å²) < 4.78 is 10.7. The van der Waals surface area contributed by atoms with Gasteiger partial charge in [0.15, 0.2) is 0 Å². The summed E-state index contributed by atoms with van der Waals surface area (Å²) in [4.78, 5) is 18.9. The van der Waals surface area contributed by atoms with Gasteiger partial charge in [0.25, 0.3) is 5.91 Å². The number of methoxy groups -OCH3 is 2. The van der Waals surface area contributed by atoms with Gasteiger partial charge in [-0.15, -0.1) is 36.2 Å². The van der Waals surface area contributed by atoms with Crippen LogP contribution in [0, 0.1) is 5.92 Å². The molecule has 1 aromatic carbocycles. The van der Waals surface area contributed by atoms with Crippen LogP contribution >= 0.6 is 36.2 Å². The minimum atomic E-state index is -0.115. The molecule has 2 aromatic rings. The lowest BCUT2D eigenvalue weighted by Crippen LogP contribution is -2.31. The fourth-order valence-electron chi connectivity index (χ4n) is 3.19. The van der Waals surface area contributed by atoms with Gasteiger partial charge < -0.3 is 25.4 Å². The van der Waals surface area contributed by atoms with Gasteiger partial charge in [0.2, 0.25) is 0 Å². The van der Waals surface area contributed by atoms with Gasteiger partial charge in [-0.25, -0.2) is 4.98 Å². The Morgan fingerprint density at radius 2 is 1.97 bits per heavy atom. The van der Waals surface area contributed by atoms with Gasteiger partial charge in [-0.05, 0) is 18.9 Å². The van der Waals surface area contributed by atoms with Crippen molar-refractivity contribution < 1.29 is 14.3 Å². The molecule has 3 N–H and O–H groups in total. The molecule has 0 saturated carbocycles. The number of hydrogen-bond acceptors (Lipinski definition) is 7. The predicted octanol–water partition coefficient (Wildman–Crippen LogP) is 2.76. The molecule has 1 unspecified atom stereocenters. The number of rotatable bonds is 8. The van der Waals surface area contributed by atoms with E-state index < -0.39 is 0 Å². The van der Waals surface area contributed by atoms with Crippen molar-refractivity contribution in [1.82, 2.24) is 10.3 Å². The predicted molar refractivity (Wildman–Crippen MR) is 122 cm³/mol. The Balaban J connectivity index is 0.00000210. The Morgan fingerprint density at radius 1 is 1.28 bits per heavy atom. The van der Waals surface area contributed by atoms with Crippen LogP contribution in [0.25, 0.3) is 0 Å². The quantitative estimate of drug-likeness (QED) is 0.626. The highest BCUT2D eigenvalue weighted by atomic mass is 35.5. The first-order chi connectivity index (χ1) is 13.1. The SMILES string of the molecule is COc1cc(OC)cc(N2CCC(CNC(=O)c3csc(CCN)n3)C2)c1.Cl.Cl. The molecule has 3 rings (SSSR count). The Labute approximate surface area is 187 Å². The van der Waals surface area contributed by atoms with Crippen molar-refractivity contribution in [3.63, 3.8) is 0 Å². The number of anilines is 1. The molecule has 0 aliphatic carbocycles. The van der Waals surface area contributed by atoms with E-state index in [0.29, 0.717) is 31.1 Å². The first-order valence-electron chi connectivity index (χ1n) is 9.03. The monoisotopic (exact) mass is 462 g/mol. The molecule has 1 aliphatic heterocycles. The third-order valence-corrected chi connectivity index (χ3v) is 5.59. The molecule has 1 aliphatic rings. The third kappa shape index (κ3) is 6.64. The summed E-state index contributed by atoms with van der Waals surface area (Å²) in [6.07, 6.45) is 1.73. The van der Waals surface area contributed by atoms with Crippen molar-refractivity contribution in [2.24, 2.45) is 11.7 Å². The highest BCUT2D eigenvalue weighted by Gasteiger charge is 2.24. The maximum atomic E-state index is 12.3. The van der Waals surface area contributed by atoms with E-state index in [2.05, 4.69) is 15.2 Å². The minimum Gasteiger partial charge on any atom is -0.497 e. The summed E-state index contributed by atoms with van der Waals surface area (Å²) in [7, 11) is 3.30. The van der Waals surface area contributed by atoms with Crippen LogP contribution in [0.4, 0.5) is 5.69 Å². The number of nitrogens with one attached hydrogen (secondary N) is 1. The molecule has 7 nitrogen and oxygen atoms in total. The molecular weight excluding hydrogens is 435 g/mol. The zero-order valence-electron chi connectivity index (χ0n) is 16.6. The smallest absolute Gasteiger partial charge is 0.270 e. The fraction of sp³-hybridized carbons (Fsp3) is 0.474. The van der Waals surface area contributed by atoms with E-state index in [-0.39, 0.29) is 30.7 Å². The Kier molecular flexibility index (Phi) is 10.5. The van der Waals surface area contributed by atoms with Gasteiger partial charge >= 0.3 is 0 Å². The van der Waals surface area contributed by atoms with Gasteiger partial charge in [-0.2, -0.15) is 0 Å². The van der Waals surface area contributed by atoms with Crippen LogP contribution in [0.5, 0.6) is 11.5 Å². The first-order valence-corrected chi connectivity index (χ1v) is 9.91. The minimum absolute atomic E-state index is 0. The number of nitrogens with two attached hydrogens (primary N) is 1. The summed E-state index contributed by atoms with van der Waals surface area (Å²) in [6, 6.07) is 5.89. The third-order valence-electron chi connectivity index (χ3n) is 4.68. The Bertz CT molecular complexity index is 768. The van der Waals surface area contributed by atoms with E-state index in [4.69, 9.17) is 15.2 Å². The van der Waals surface area contributed by atoms with Crippen molar-refractivity contribution in [2.75, 3.05) is 45.3 Å². The van der Waals surface area contributed by atoms with Crippen molar-refractivity contribution >= 4 is 47.7 Å². The number of benzene rings is 1. The molecule has 162 valence electrons. The average molecular weight is 463 g/mol. The fourth-order valence-corrected chi connectivity index (χ4v) is 3.98. The molecule has 2 heterocycles. The van der Waals surface area contributed by atoms with Crippen molar-refractivity contribution in [3.05, 3.63) is 34.3 Å². The second-order valence-corrected chi connectivity index (χ2v) is 7.49. The number of amides is 1. The number of carbonyl (C=O) groups excluding carboxylic acids is 1. The number of hydrogen-bond donors (Lipinski definition) is 2. The number of ether oxygens (including phenoxy) is 2. The average Bonchev–Trinajstić information content (AvgIpc) is 3.35. The highest BCUT2D eigenvalue weighted by molar-refractivity contribution is 7.09. The van der Waals surface area contributed by atoms with Crippen LogP contribution in [-0.4, -0.2) is 51.3 Å². The number of aromatic nitrogens is 1. The molecule has 0 spiro atoms. The summed E-state index contributed by atoms with van der Waals surface area (Å²) >= 11 is 1.48. The van der Waals surface area contributed by atoms with E-state index in [1.807, 2.05) is 18.2 Å². The molecule has 1 atom stereocenters. The van der Waals surface area contributed by atoms with Crippen LogP contribution in [0.15, 0.2) is 23.6 Å². The molecule has 1 aromatic heterocycles. The van der Waals surface area contributed by atoms with Gasteiger partial charge in [-0.1, -0.05) is 0 Å². The van der Waals surface area contributed by atoms with E-state index in [1.54, 1.807) is 19.6 Å². The zero-order chi connectivity index (χ0) is 19.2. The summed E-state index contributed by atoms with van der Waals surface area (Å²) in [5.41, 5.74) is 7.09. The van der Waals surface area contributed by atoms with Crippen LogP contribution in [0.3, 0.4) is 0 Å². The maximum absolute atomic E-state index is 12.3. The standard InChI is InChI=1S/C19H26N4O3S.2ClH/c1-25-15-7-14(8-16(9-15)26-2)23-6-4-13(11-23)10-21-19(24)17-12-27-18(22-17)3-5-20;;/h7-9,12-13H,3-6,10-11,20H2,1-2H3,(H,21,24);2*1H. The largest absolute Gasteiger partial charge is 0.497 e. The van der Waals surface area contributed by atoms with Crippen molar-refractivity contribution in [2.45, 2.75) is 12.8 Å². The zero-order valence-corrected chi connectivity index (χ0v) is 19.0. The molecule has 10 heteroatoms. The maximum Gasteiger partial charge on any atom is 0.270 e. The summed E-state index contributed by atoms with van der Waals surface area (Å²) in [5.74, 6) is 1.83. The molecule has 0 radical (unpaired) electrons. The summed E-state index contributed by atoms with van der Waals surface area (Å²) in [5, 5.41) is 5.71. The first kappa shape index (κ1) is 25.3. The molecule has 0 bridgehead atoms. The second-order valence-electron chi connectivity index (χ2n) is 6.55. The lowest BCUT2D eigenvalue weighted by Gasteiger charge is -2.20. The van der Waals surface area contributed by atoms with Gasteiger partial charge in [0.1, 0.15) is 17.2 Å². The number of carbonyl (C=O) groups is 1. The molecule has 1 fully saturated rings. The van der Waals surface area contributed by atoms with E-state index >= 15 is 0 Å². The Morgan fingerprint density at radius 3 is 2.59 bits per heavy atom. The number of halogens is 2. The van der Waals surface area contributed by atoms with Crippen LogP contribution in [-0.2, 0) is 6.42 Å². The summed E-state index contributed by atoms with van der Waals surface area (Å²) in [6.45, 7) is 3.00. The van der Waals surface area contributed by atoms with Crippen LogP contribution in [0.2, 0.25) is 0 Å². The van der Waals surface area contributed by atoms with Crippen molar-refractivity contribution in [3.8, 4) is 11.5 Å². The lowest BCUT2D eigenvalue weighted by molar-refractivity contribution is 0.0944. The van der Waals surface area contributed by atoms with E-state index in [0.717, 1.165) is 41.7 Å². The topological polar surface area (TPSA) is 89.7 Å². The van der Waals surface area contributed by atoms with E-state index in [9.17, 15) is 4.79 Å². The molecule has 1 amide bonds. The normalized spacial score (nSPS) is 15.3. The van der Waals surface area contributed by atoms with Gasteiger partial charge in [0, 0.05) is 55.3 Å². The van der Waals surface area contributed by atoms with Crippen LogP contribution in [0.1, 0.15) is 21.9 Å². The van der Waals surface area contributed by atoms with E-state index in [1.165, 1.54) is 11.3 Å². The van der Waals surface area contributed by atoms with Gasteiger partial charge in [-0.3, -0.25) is 4.79 Å².